The molecule has 5 rings (SSSR count). The zero-order valence-electron chi connectivity index (χ0n) is 18.7. The van der Waals surface area contributed by atoms with E-state index < -0.39 is 0 Å². The molecular weight excluding hydrogens is 414 g/mol. The molecule has 2 aliphatic carbocycles. The summed E-state index contributed by atoms with van der Waals surface area (Å²) in [6.07, 6.45) is 4.84. The van der Waals surface area contributed by atoms with Crippen molar-refractivity contribution in [3.63, 3.8) is 0 Å². The van der Waals surface area contributed by atoms with Crippen molar-refractivity contribution in [1.82, 2.24) is 19.9 Å². The molecule has 1 amide bonds. The van der Waals surface area contributed by atoms with Gasteiger partial charge in [-0.3, -0.25) is 4.90 Å². The van der Waals surface area contributed by atoms with Crippen LogP contribution in [0.5, 0.6) is 0 Å². The van der Waals surface area contributed by atoms with Crippen LogP contribution in [-0.2, 0) is 17.8 Å². The first-order chi connectivity index (χ1) is 16.2. The third kappa shape index (κ3) is 4.09. The fourth-order valence-electron chi connectivity index (χ4n) is 4.96. The zero-order valence-corrected chi connectivity index (χ0v) is 18.7. The third-order valence-electron chi connectivity index (χ3n) is 7.05. The molecule has 0 aliphatic heterocycles. The summed E-state index contributed by atoms with van der Waals surface area (Å²) in [4.78, 5) is 15.1. The lowest BCUT2D eigenvalue weighted by molar-refractivity contribution is 0.0563. The van der Waals surface area contributed by atoms with Crippen LogP contribution in [0.15, 0.2) is 54.7 Å². The molecule has 168 valence electrons. The Hall–Kier alpha value is -3.66. The highest BCUT2D eigenvalue weighted by Crippen LogP contribution is 2.44. The number of nitrogens with zero attached hydrogens (tertiary/aromatic N) is 5. The van der Waals surface area contributed by atoms with E-state index in [1.807, 2.05) is 24.3 Å². The SMILES string of the molecule is C[C@H](C1CCC1)N(Cc1cn(CC#N)nn1)C(=O)OCC1c2ccccc2-c2ccccc21. The van der Waals surface area contributed by atoms with Crippen LogP contribution in [0.1, 0.15) is 48.9 Å². The highest BCUT2D eigenvalue weighted by Gasteiger charge is 2.34. The first-order valence-electron chi connectivity index (χ1n) is 11.5. The van der Waals surface area contributed by atoms with Crippen molar-refractivity contribution in [3.8, 4) is 17.2 Å². The summed E-state index contributed by atoms with van der Waals surface area (Å²) in [6, 6.07) is 18.8. The molecule has 1 saturated carbocycles. The standard InChI is InChI=1S/C26H27N5O2/c1-18(19-7-6-8-19)31(16-20-15-30(14-13-27)29-28-20)26(32)33-17-25-23-11-4-2-9-21(23)22-10-3-5-12-24(22)25/h2-5,9-12,15,18-19,25H,6-8,14,16-17H2,1H3/t18-/m1/s1. The molecule has 0 unspecified atom stereocenters. The molecule has 1 atom stereocenters. The van der Waals surface area contributed by atoms with Crippen LogP contribution < -0.4 is 0 Å². The number of hydrogen-bond acceptors (Lipinski definition) is 5. The van der Waals surface area contributed by atoms with E-state index in [0.29, 0.717) is 24.8 Å². The molecule has 0 spiro atoms. The Labute approximate surface area is 193 Å². The summed E-state index contributed by atoms with van der Waals surface area (Å²) in [5.74, 6) is 0.498. The van der Waals surface area contributed by atoms with Crippen molar-refractivity contribution in [1.29, 1.82) is 5.26 Å². The normalized spacial score (nSPS) is 15.8. The monoisotopic (exact) mass is 441 g/mol. The van der Waals surface area contributed by atoms with E-state index in [4.69, 9.17) is 10.00 Å². The van der Waals surface area contributed by atoms with Gasteiger partial charge in [0.1, 0.15) is 18.8 Å². The van der Waals surface area contributed by atoms with Crippen LogP contribution in [0.3, 0.4) is 0 Å². The second-order valence-corrected chi connectivity index (χ2v) is 8.93. The highest BCUT2D eigenvalue weighted by molar-refractivity contribution is 5.79. The third-order valence-corrected chi connectivity index (χ3v) is 7.05. The fourth-order valence-corrected chi connectivity index (χ4v) is 4.96. The van der Waals surface area contributed by atoms with Crippen LogP contribution in [0.25, 0.3) is 11.1 Å². The van der Waals surface area contributed by atoms with Crippen molar-refractivity contribution in [2.24, 2.45) is 5.92 Å². The van der Waals surface area contributed by atoms with Gasteiger partial charge in [-0.05, 0) is 47.9 Å². The Morgan fingerprint density at radius 2 is 1.85 bits per heavy atom. The first kappa shape index (κ1) is 21.2. The van der Waals surface area contributed by atoms with E-state index in [9.17, 15) is 4.79 Å². The van der Waals surface area contributed by atoms with Gasteiger partial charge in [0, 0.05) is 12.0 Å². The number of carbonyl (C=O) groups excluding carboxylic acids is 1. The number of hydrogen-bond donors (Lipinski definition) is 0. The van der Waals surface area contributed by atoms with Gasteiger partial charge in [0.2, 0.25) is 0 Å². The summed E-state index contributed by atoms with van der Waals surface area (Å²) in [5, 5.41) is 17.0. The summed E-state index contributed by atoms with van der Waals surface area (Å²) < 4.78 is 7.43. The lowest BCUT2D eigenvalue weighted by Gasteiger charge is -2.38. The van der Waals surface area contributed by atoms with E-state index in [0.717, 1.165) is 12.8 Å². The molecule has 33 heavy (non-hydrogen) atoms. The lowest BCUT2D eigenvalue weighted by Crippen LogP contribution is -2.45. The van der Waals surface area contributed by atoms with Gasteiger partial charge in [0.25, 0.3) is 0 Å². The second-order valence-electron chi connectivity index (χ2n) is 8.93. The van der Waals surface area contributed by atoms with Crippen LogP contribution in [0, 0.1) is 17.2 Å². The van der Waals surface area contributed by atoms with E-state index in [1.165, 1.54) is 33.4 Å². The second kappa shape index (κ2) is 9.07. The van der Waals surface area contributed by atoms with E-state index in [-0.39, 0.29) is 24.6 Å². The van der Waals surface area contributed by atoms with Gasteiger partial charge in [-0.25, -0.2) is 9.48 Å². The average Bonchev–Trinajstić information content (AvgIpc) is 3.37. The largest absolute Gasteiger partial charge is 0.448 e. The Bertz CT molecular complexity index is 1150. The maximum atomic E-state index is 13.3. The average molecular weight is 442 g/mol. The number of aromatic nitrogens is 3. The van der Waals surface area contributed by atoms with Gasteiger partial charge >= 0.3 is 6.09 Å². The minimum atomic E-state index is -0.328. The van der Waals surface area contributed by atoms with E-state index in [1.54, 1.807) is 11.1 Å². The fraction of sp³-hybridized carbons (Fsp3) is 0.385. The van der Waals surface area contributed by atoms with Gasteiger partial charge in [-0.15, -0.1) is 5.10 Å². The van der Waals surface area contributed by atoms with Crippen LogP contribution in [-0.4, -0.2) is 38.6 Å². The van der Waals surface area contributed by atoms with Gasteiger partial charge < -0.3 is 4.74 Å². The maximum absolute atomic E-state index is 13.3. The highest BCUT2D eigenvalue weighted by atomic mass is 16.6. The molecule has 2 aromatic carbocycles. The molecule has 1 aromatic heterocycles. The first-order valence-corrected chi connectivity index (χ1v) is 11.5. The number of benzene rings is 2. The van der Waals surface area contributed by atoms with E-state index in [2.05, 4.69) is 47.6 Å². The van der Waals surface area contributed by atoms with Crippen LogP contribution >= 0.6 is 0 Å². The van der Waals surface area contributed by atoms with Gasteiger partial charge in [-0.1, -0.05) is 60.2 Å². The van der Waals surface area contributed by atoms with Crippen molar-refractivity contribution >= 4 is 6.09 Å². The van der Waals surface area contributed by atoms with Crippen molar-refractivity contribution in [2.75, 3.05) is 6.61 Å². The molecule has 7 heteroatoms. The number of carbonyl (C=O) groups is 1. The Balaban J connectivity index is 1.33. The minimum Gasteiger partial charge on any atom is -0.448 e. The lowest BCUT2D eigenvalue weighted by atomic mass is 9.80. The minimum absolute atomic E-state index is 0.0266. The Kier molecular flexibility index (Phi) is 5.82. The molecule has 0 bridgehead atoms. The van der Waals surface area contributed by atoms with Crippen LogP contribution in [0.2, 0.25) is 0 Å². The van der Waals surface area contributed by atoms with Crippen molar-refractivity contribution < 1.29 is 9.53 Å². The molecule has 0 radical (unpaired) electrons. The number of nitriles is 1. The molecule has 0 saturated heterocycles. The molecule has 7 nitrogen and oxygen atoms in total. The summed E-state index contributed by atoms with van der Waals surface area (Å²) in [6.45, 7) is 2.84. The summed E-state index contributed by atoms with van der Waals surface area (Å²) in [5.41, 5.74) is 5.48. The summed E-state index contributed by atoms with van der Waals surface area (Å²) >= 11 is 0. The molecular formula is C26H27N5O2. The van der Waals surface area contributed by atoms with Crippen molar-refractivity contribution in [2.45, 2.75) is 51.2 Å². The topological polar surface area (TPSA) is 84.0 Å². The zero-order chi connectivity index (χ0) is 22.8. The number of rotatable bonds is 7. The number of ether oxygens (including phenoxy) is 1. The molecule has 1 fully saturated rings. The Morgan fingerprint density at radius 3 is 2.45 bits per heavy atom. The van der Waals surface area contributed by atoms with Crippen LogP contribution in [0.4, 0.5) is 4.79 Å². The Morgan fingerprint density at radius 1 is 1.18 bits per heavy atom. The maximum Gasteiger partial charge on any atom is 0.410 e. The van der Waals surface area contributed by atoms with Crippen molar-refractivity contribution in [3.05, 3.63) is 71.5 Å². The van der Waals surface area contributed by atoms with Gasteiger partial charge in [-0.2, -0.15) is 5.26 Å². The smallest absolute Gasteiger partial charge is 0.410 e. The predicted octanol–water partition coefficient (Wildman–Crippen LogP) is 4.74. The van der Waals surface area contributed by atoms with Gasteiger partial charge in [0.05, 0.1) is 18.8 Å². The number of amides is 1. The van der Waals surface area contributed by atoms with E-state index >= 15 is 0 Å². The molecule has 0 N–H and O–H groups in total. The molecule has 1 heterocycles. The van der Waals surface area contributed by atoms with Gasteiger partial charge in [0.15, 0.2) is 0 Å². The summed E-state index contributed by atoms with van der Waals surface area (Å²) in [7, 11) is 0. The predicted molar refractivity (Wildman–Crippen MR) is 123 cm³/mol. The number of fused-ring (bicyclic) bond motifs is 3. The quantitative estimate of drug-likeness (QED) is 0.529. The molecule has 3 aromatic rings. The molecule has 2 aliphatic rings.